The molecule has 0 heterocycles. The zero-order valence-corrected chi connectivity index (χ0v) is 30.4. The summed E-state index contributed by atoms with van der Waals surface area (Å²) in [6.07, 6.45) is -3.72. The summed E-state index contributed by atoms with van der Waals surface area (Å²) in [5.74, 6) is -2.57. The zero-order chi connectivity index (χ0) is 41.2. The van der Waals surface area contributed by atoms with Crippen molar-refractivity contribution >= 4 is 60.4 Å². The fourth-order valence-corrected chi connectivity index (χ4v) is 1.27. The van der Waals surface area contributed by atoms with Crippen molar-refractivity contribution in [3.8, 4) is 0 Å². The maximum absolute atomic E-state index is 10.4. The van der Waals surface area contributed by atoms with Crippen molar-refractivity contribution in [3.05, 3.63) is 0 Å². The average Bonchev–Trinajstić information content (AvgIpc) is 3.14. The van der Waals surface area contributed by atoms with Gasteiger partial charge in [-0.3, -0.25) is 24.0 Å². The maximum Gasteiger partial charge on any atom is 0.507 e. The standard InChI is InChI=1S/2C5H10N2O4.2C5H8O4.C3H6O3.C3H6O2/c2*1-10-4(8)6-3-7-5(9)11-2;2*1-8-4(6)3-5(7)9-2;1-5-3(4)6-2;1-3(4)5-2/h2*3H2,1-2H3,(H,6,8)(H,7,9);2*3H2,1-2H3;1-2H3;1-2H3. The van der Waals surface area contributed by atoms with Gasteiger partial charge in [-0.25, -0.2) is 24.0 Å². The first kappa shape index (κ1) is 57.0. The van der Waals surface area contributed by atoms with Gasteiger partial charge in [-0.2, -0.15) is 0 Å². The maximum atomic E-state index is 10.4. The number of methoxy groups -OCH3 is 11. The van der Waals surface area contributed by atoms with E-state index in [0.29, 0.717) is 0 Å². The Balaban J connectivity index is -0.000000121. The molecule has 0 unspecified atom stereocenters. The molecule has 0 bridgehead atoms. The lowest BCUT2D eigenvalue weighted by Gasteiger charge is -2.03. The van der Waals surface area contributed by atoms with Gasteiger partial charge in [0.25, 0.3) is 0 Å². The normalized spacial score (nSPS) is 7.92. The first-order chi connectivity index (χ1) is 23.9. The summed E-state index contributed by atoms with van der Waals surface area (Å²) in [6, 6.07) is 0. The molecule has 0 aromatic rings. The molecule has 0 saturated heterocycles. The fourth-order valence-electron chi connectivity index (χ4n) is 1.27. The van der Waals surface area contributed by atoms with Gasteiger partial charge in [0.1, 0.15) is 12.8 Å². The lowest BCUT2D eigenvalue weighted by Crippen LogP contribution is -2.36. The molecule has 0 aliphatic heterocycles. The van der Waals surface area contributed by atoms with Crippen LogP contribution in [0.3, 0.4) is 0 Å². The fraction of sp³-hybridized carbons (Fsp3) is 0.615. The van der Waals surface area contributed by atoms with Crippen LogP contribution >= 0.6 is 0 Å². The van der Waals surface area contributed by atoms with Gasteiger partial charge in [0.15, 0.2) is 0 Å². The van der Waals surface area contributed by atoms with Crippen LogP contribution < -0.4 is 21.3 Å². The van der Waals surface area contributed by atoms with Gasteiger partial charge in [0.05, 0.1) is 91.5 Å². The van der Waals surface area contributed by atoms with Crippen molar-refractivity contribution in [2.45, 2.75) is 19.8 Å². The molecule has 0 aliphatic rings. The Morgan fingerprint density at radius 1 is 0.333 bits per heavy atom. The van der Waals surface area contributed by atoms with E-state index in [1.807, 2.05) is 0 Å². The van der Waals surface area contributed by atoms with E-state index in [-0.39, 0.29) is 32.1 Å². The number of amides is 4. The van der Waals surface area contributed by atoms with Crippen LogP contribution in [-0.2, 0) is 76.1 Å². The molecule has 4 amide bonds. The minimum absolute atomic E-state index is 0.0145. The highest BCUT2D eigenvalue weighted by atomic mass is 16.7. The van der Waals surface area contributed by atoms with E-state index >= 15 is 0 Å². The number of rotatable bonds is 8. The lowest BCUT2D eigenvalue weighted by atomic mass is 10.4. The Kier molecular flexibility index (Phi) is 48.8. The molecular weight excluding hydrogens is 704 g/mol. The van der Waals surface area contributed by atoms with Gasteiger partial charge in [-0.1, -0.05) is 0 Å². The van der Waals surface area contributed by atoms with E-state index in [1.165, 1.54) is 85.1 Å². The molecule has 25 nitrogen and oxygen atoms in total. The summed E-state index contributed by atoms with van der Waals surface area (Å²) >= 11 is 0. The lowest BCUT2D eigenvalue weighted by molar-refractivity contribution is -0.153. The number of alkyl carbamates (subject to hydrolysis) is 4. The number of hydrogen-bond donors (Lipinski definition) is 4. The van der Waals surface area contributed by atoms with Gasteiger partial charge in [0, 0.05) is 6.92 Å². The van der Waals surface area contributed by atoms with Crippen LogP contribution in [0.4, 0.5) is 24.0 Å². The van der Waals surface area contributed by atoms with Crippen molar-refractivity contribution in [1.29, 1.82) is 0 Å². The predicted molar refractivity (Wildman–Crippen MR) is 166 cm³/mol. The largest absolute Gasteiger partial charge is 0.507 e. The second-order valence-corrected chi connectivity index (χ2v) is 7.04. The van der Waals surface area contributed by atoms with Crippen LogP contribution in [0.25, 0.3) is 0 Å². The Morgan fingerprint density at radius 2 is 0.529 bits per heavy atom. The van der Waals surface area contributed by atoms with Crippen LogP contribution in [0.1, 0.15) is 19.8 Å². The third-order valence-corrected chi connectivity index (χ3v) is 3.78. The molecule has 0 rings (SSSR count). The van der Waals surface area contributed by atoms with Crippen molar-refractivity contribution in [2.24, 2.45) is 0 Å². The topological polar surface area (TPSA) is 320 Å². The molecule has 25 heteroatoms. The van der Waals surface area contributed by atoms with E-state index in [1.54, 1.807) is 0 Å². The minimum atomic E-state index is -0.657. The van der Waals surface area contributed by atoms with Gasteiger partial charge in [0.2, 0.25) is 0 Å². The zero-order valence-electron chi connectivity index (χ0n) is 30.4. The summed E-state index contributed by atoms with van der Waals surface area (Å²) in [5, 5.41) is 8.90. The summed E-state index contributed by atoms with van der Waals surface area (Å²) in [5.41, 5.74) is 0. The number of carbonyl (C=O) groups excluding carboxylic acids is 10. The summed E-state index contributed by atoms with van der Waals surface area (Å²) in [4.78, 5) is 102. The number of nitrogens with one attached hydrogen (secondary N) is 4. The number of hydrogen-bond acceptors (Lipinski definition) is 21. The van der Waals surface area contributed by atoms with Gasteiger partial charge >= 0.3 is 60.4 Å². The van der Waals surface area contributed by atoms with Crippen molar-refractivity contribution in [1.82, 2.24) is 21.3 Å². The Hall–Kier alpha value is -6.30. The van der Waals surface area contributed by atoms with Gasteiger partial charge in [-0.15, -0.1) is 0 Å². The van der Waals surface area contributed by atoms with E-state index in [0.717, 1.165) is 0 Å². The van der Waals surface area contributed by atoms with Crippen LogP contribution in [-0.4, -0.2) is 152 Å². The molecule has 0 spiro atoms. The quantitative estimate of drug-likeness (QED) is 0.103. The molecule has 0 saturated carbocycles. The highest BCUT2D eigenvalue weighted by Crippen LogP contribution is 1.86. The van der Waals surface area contributed by atoms with Gasteiger partial charge in [-0.05, 0) is 0 Å². The Morgan fingerprint density at radius 3 is 0.627 bits per heavy atom. The minimum Gasteiger partial charge on any atom is -0.469 e. The van der Waals surface area contributed by atoms with Crippen molar-refractivity contribution < 1.29 is 100 Å². The Bertz CT molecular complexity index is 893. The van der Waals surface area contributed by atoms with E-state index in [4.69, 9.17) is 0 Å². The van der Waals surface area contributed by atoms with E-state index in [2.05, 4.69) is 73.4 Å². The SMILES string of the molecule is COC(=O)CC(=O)OC.COC(=O)CC(=O)OC.COC(=O)NCNC(=O)OC.COC(=O)NCNC(=O)OC.COC(=O)OC.COC(C)=O. The third-order valence-electron chi connectivity index (χ3n) is 3.78. The van der Waals surface area contributed by atoms with Crippen LogP contribution in [0.15, 0.2) is 0 Å². The molecule has 0 radical (unpaired) electrons. The first-order valence-electron chi connectivity index (χ1n) is 13.1. The van der Waals surface area contributed by atoms with Crippen molar-refractivity contribution in [3.63, 3.8) is 0 Å². The highest BCUT2D eigenvalue weighted by molar-refractivity contribution is 5.91. The number of carbonyl (C=O) groups is 10. The van der Waals surface area contributed by atoms with Gasteiger partial charge < -0.3 is 73.4 Å². The molecule has 298 valence electrons. The van der Waals surface area contributed by atoms with E-state index in [9.17, 15) is 47.9 Å². The van der Waals surface area contributed by atoms with Crippen LogP contribution in [0.5, 0.6) is 0 Å². The Labute approximate surface area is 293 Å². The van der Waals surface area contributed by atoms with Crippen LogP contribution in [0.2, 0.25) is 0 Å². The second kappa shape index (κ2) is 43.7. The highest BCUT2D eigenvalue weighted by Gasteiger charge is 2.08. The molecule has 0 aromatic heterocycles. The predicted octanol–water partition coefficient (Wildman–Crippen LogP) is -0.665. The monoisotopic (exact) mass is 752 g/mol. The molecule has 4 N–H and O–H groups in total. The summed E-state index contributed by atoms with van der Waals surface area (Å²) in [7, 11) is 13.6. The van der Waals surface area contributed by atoms with Crippen LogP contribution in [0, 0.1) is 0 Å². The van der Waals surface area contributed by atoms with E-state index < -0.39 is 54.4 Å². The first-order valence-corrected chi connectivity index (χ1v) is 13.1. The molecule has 51 heavy (non-hydrogen) atoms. The summed E-state index contributed by atoms with van der Waals surface area (Å²) in [6.45, 7) is 1.33. The van der Waals surface area contributed by atoms with Crippen molar-refractivity contribution in [2.75, 3.05) is 91.5 Å². The molecule has 0 fully saturated rings. The summed E-state index contributed by atoms with van der Waals surface area (Å²) < 4.78 is 45.8. The average molecular weight is 753 g/mol. The molecule has 0 aliphatic carbocycles. The molecule has 0 aromatic carbocycles. The smallest absolute Gasteiger partial charge is 0.469 e. The number of esters is 5. The number of ether oxygens (including phenoxy) is 11. The molecule has 0 atom stereocenters. The second-order valence-electron chi connectivity index (χ2n) is 7.04. The molecular formula is C26H48N4O21. The third kappa shape index (κ3) is 59.6.